The molecule has 1 aromatic rings. The number of amides is 2. The van der Waals surface area contributed by atoms with Crippen LogP contribution in [0.3, 0.4) is 0 Å². The zero-order chi connectivity index (χ0) is 21.7. The highest BCUT2D eigenvalue weighted by Gasteiger charge is 2.34. The summed E-state index contributed by atoms with van der Waals surface area (Å²) in [7, 11) is -3.77. The number of aryl methyl sites for hydroxylation is 1. The first-order valence-electron chi connectivity index (χ1n) is 10.7. The first-order valence-corrected chi connectivity index (χ1v) is 12.1. The number of sulfonamides is 1. The molecule has 0 spiro atoms. The minimum Gasteiger partial charge on any atom is -0.348 e. The Morgan fingerprint density at radius 3 is 2.50 bits per heavy atom. The van der Waals surface area contributed by atoms with E-state index in [1.807, 2.05) is 0 Å². The average Bonchev–Trinajstić information content (AvgIpc) is 3.21. The van der Waals surface area contributed by atoms with Crippen molar-refractivity contribution in [3.8, 4) is 0 Å². The molecule has 1 saturated heterocycles. The SMILES string of the molecule is Cc1cc(F)ccc1S(=O)(=O)N1CCCC[C@H]1CCNC(=O)C(=O)NC1CCCC1. The van der Waals surface area contributed by atoms with Crippen molar-refractivity contribution in [1.82, 2.24) is 14.9 Å². The van der Waals surface area contributed by atoms with Crippen molar-refractivity contribution < 1.29 is 22.4 Å². The predicted molar refractivity (Wildman–Crippen MR) is 111 cm³/mol. The fraction of sp³-hybridized carbons (Fsp3) is 0.619. The summed E-state index contributed by atoms with van der Waals surface area (Å²) in [4.78, 5) is 24.2. The number of hydrogen-bond acceptors (Lipinski definition) is 4. The highest BCUT2D eigenvalue weighted by molar-refractivity contribution is 7.89. The van der Waals surface area contributed by atoms with Crippen LogP contribution in [0.15, 0.2) is 23.1 Å². The van der Waals surface area contributed by atoms with Gasteiger partial charge < -0.3 is 10.6 Å². The van der Waals surface area contributed by atoms with Crippen LogP contribution in [-0.2, 0) is 19.6 Å². The standard InChI is InChI=1S/C21H30FN3O4S/c1-15-14-16(22)9-10-19(15)30(28,29)25-13-5-4-8-18(25)11-12-23-20(26)21(27)24-17-6-2-3-7-17/h9-10,14,17-18H,2-8,11-13H2,1H3,(H,23,26)(H,24,27)/t18-/m0/s1. The maximum absolute atomic E-state index is 13.4. The molecule has 1 aliphatic heterocycles. The Balaban J connectivity index is 1.59. The van der Waals surface area contributed by atoms with Crippen molar-refractivity contribution >= 4 is 21.8 Å². The molecule has 2 N–H and O–H groups in total. The Bertz CT molecular complexity index is 884. The van der Waals surface area contributed by atoms with Gasteiger partial charge in [0.15, 0.2) is 0 Å². The van der Waals surface area contributed by atoms with Gasteiger partial charge in [-0.2, -0.15) is 4.31 Å². The summed E-state index contributed by atoms with van der Waals surface area (Å²) in [5.41, 5.74) is 0.371. The summed E-state index contributed by atoms with van der Waals surface area (Å²) in [6, 6.07) is 3.48. The van der Waals surface area contributed by atoms with Crippen LogP contribution < -0.4 is 10.6 Å². The number of piperidine rings is 1. The zero-order valence-corrected chi connectivity index (χ0v) is 18.1. The van der Waals surface area contributed by atoms with Gasteiger partial charge in [-0.1, -0.05) is 19.3 Å². The van der Waals surface area contributed by atoms with Gasteiger partial charge in [-0.15, -0.1) is 0 Å². The van der Waals surface area contributed by atoms with Crippen LogP contribution in [-0.4, -0.2) is 49.7 Å². The van der Waals surface area contributed by atoms with Crippen LogP contribution in [0.5, 0.6) is 0 Å². The number of halogens is 1. The lowest BCUT2D eigenvalue weighted by atomic mass is 10.0. The molecule has 0 unspecified atom stereocenters. The van der Waals surface area contributed by atoms with Crippen molar-refractivity contribution in [1.29, 1.82) is 0 Å². The second-order valence-corrected chi connectivity index (χ2v) is 10.0. The Labute approximate surface area is 177 Å². The van der Waals surface area contributed by atoms with Crippen molar-refractivity contribution in [2.24, 2.45) is 0 Å². The van der Waals surface area contributed by atoms with Crippen LogP contribution in [0.2, 0.25) is 0 Å². The lowest BCUT2D eigenvalue weighted by molar-refractivity contribution is -0.139. The monoisotopic (exact) mass is 439 g/mol. The molecule has 1 aromatic carbocycles. The number of carbonyl (C=O) groups is 2. The lowest BCUT2D eigenvalue weighted by Crippen LogP contribution is -2.47. The fourth-order valence-corrected chi connectivity index (χ4v) is 6.29. The molecule has 166 valence electrons. The third-order valence-corrected chi connectivity index (χ3v) is 8.07. The number of rotatable bonds is 6. The Morgan fingerprint density at radius 1 is 1.10 bits per heavy atom. The highest BCUT2D eigenvalue weighted by atomic mass is 32.2. The van der Waals surface area contributed by atoms with Crippen LogP contribution in [0.25, 0.3) is 0 Å². The molecule has 0 bridgehead atoms. The first kappa shape index (κ1) is 22.7. The van der Waals surface area contributed by atoms with E-state index in [0.29, 0.717) is 24.9 Å². The van der Waals surface area contributed by atoms with Crippen LogP contribution in [0, 0.1) is 12.7 Å². The van der Waals surface area contributed by atoms with Gasteiger partial charge in [-0.05, 0) is 62.8 Å². The number of benzene rings is 1. The third-order valence-electron chi connectivity index (χ3n) is 5.96. The molecule has 1 saturated carbocycles. The molecule has 3 rings (SSSR count). The minimum absolute atomic E-state index is 0.0705. The topological polar surface area (TPSA) is 95.6 Å². The van der Waals surface area contributed by atoms with Gasteiger partial charge in [-0.3, -0.25) is 9.59 Å². The van der Waals surface area contributed by atoms with E-state index in [-0.39, 0.29) is 23.5 Å². The van der Waals surface area contributed by atoms with E-state index < -0.39 is 27.7 Å². The van der Waals surface area contributed by atoms with E-state index in [0.717, 1.165) is 44.6 Å². The quantitative estimate of drug-likeness (QED) is 0.665. The molecular weight excluding hydrogens is 409 g/mol. The van der Waals surface area contributed by atoms with E-state index in [9.17, 15) is 22.4 Å². The van der Waals surface area contributed by atoms with E-state index >= 15 is 0 Å². The average molecular weight is 440 g/mol. The molecule has 7 nitrogen and oxygen atoms in total. The maximum atomic E-state index is 13.4. The van der Waals surface area contributed by atoms with E-state index in [1.165, 1.54) is 16.4 Å². The molecular formula is C21H30FN3O4S. The van der Waals surface area contributed by atoms with Gasteiger partial charge in [-0.25, -0.2) is 12.8 Å². The summed E-state index contributed by atoms with van der Waals surface area (Å²) < 4.78 is 41.2. The molecule has 9 heteroatoms. The lowest BCUT2D eigenvalue weighted by Gasteiger charge is -2.35. The molecule has 1 atom stereocenters. The number of hydrogen-bond donors (Lipinski definition) is 2. The molecule has 0 radical (unpaired) electrons. The second kappa shape index (κ2) is 9.87. The molecule has 30 heavy (non-hydrogen) atoms. The van der Waals surface area contributed by atoms with Crippen molar-refractivity contribution in [2.75, 3.05) is 13.1 Å². The Hall–Kier alpha value is -2.00. The molecule has 2 aliphatic rings. The van der Waals surface area contributed by atoms with Crippen molar-refractivity contribution in [2.45, 2.75) is 75.3 Å². The third kappa shape index (κ3) is 5.37. The van der Waals surface area contributed by atoms with E-state index in [1.54, 1.807) is 6.92 Å². The predicted octanol–water partition coefficient (Wildman–Crippen LogP) is 2.24. The van der Waals surface area contributed by atoms with Crippen molar-refractivity contribution in [3.05, 3.63) is 29.6 Å². The van der Waals surface area contributed by atoms with E-state index in [4.69, 9.17) is 0 Å². The summed E-state index contributed by atoms with van der Waals surface area (Å²) in [6.07, 6.45) is 6.68. The molecule has 0 aromatic heterocycles. The summed E-state index contributed by atoms with van der Waals surface area (Å²) >= 11 is 0. The molecule has 1 heterocycles. The van der Waals surface area contributed by atoms with Gasteiger partial charge in [0, 0.05) is 25.2 Å². The highest BCUT2D eigenvalue weighted by Crippen LogP contribution is 2.28. The molecule has 1 aliphatic carbocycles. The number of nitrogens with zero attached hydrogens (tertiary/aromatic N) is 1. The molecule has 2 fully saturated rings. The van der Waals surface area contributed by atoms with Gasteiger partial charge >= 0.3 is 11.8 Å². The largest absolute Gasteiger partial charge is 0.348 e. The Kier molecular flexibility index (Phi) is 7.46. The maximum Gasteiger partial charge on any atom is 0.309 e. The second-order valence-electron chi connectivity index (χ2n) is 8.17. The van der Waals surface area contributed by atoms with Crippen LogP contribution in [0.4, 0.5) is 4.39 Å². The first-order chi connectivity index (χ1) is 14.3. The smallest absolute Gasteiger partial charge is 0.309 e. The van der Waals surface area contributed by atoms with Crippen LogP contribution >= 0.6 is 0 Å². The van der Waals surface area contributed by atoms with Gasteiger partial charge in [0.05, 0.1) is 4.90 Å². The summed E-state index contributed by atoms with van der Waals surface area (Å²) in [5, 5.41) is 5.36. The summed E-state index contributed by atoms with van der Waals surface area (Å²) in [6.45, 7) is 2.19. The van der Waals surface area contributed by atoms with Gasteiger partial charge in [0.25, 0.3) is 0 Å². The summed E-state index contributed by atoms with van der Waals surface area (Å²) in [5.74, 6) is -1.78. The van der Waals surface area contributed by atoms with Gasteiger partial charge in [0.2, 0.25) is 10.0 Å². The van der Waals surface area contributed by atoms with E-state index in [2.05, 4.69) is 10.6 Å². The Morgan fingerprint density at radius 2 is 1.80 bits per heavy atom. The number of carbonyl (C=O) groups excluding carboxylic acids is 2. The minimum atomic E-state index is -3.77. The van der Waals surface area contributed by atoms with Gasteiger partial charge in [0.1, 0.15) is 5.82 Å². The van der Waals surface area contributed by atoms with Crippen LogP contribution in [0.1, 0.15) is 56.9 Å². The normalized spacial score (nSPS) is 20.8. The fourth-order valence-electron chi connectivity index (χ4n) is 4.36. The number of nitrogens with one attached hydrogen (secondary N) is 2. The zero-order valence-electron chi connectivity index (χ0n) is 17.3. The van der Waals surface area contributed by atoms with Crippen molar-refractivity contribution in [3.63, 3.8) is 0 Å². The molecule has 2 amide bonds.